The first-order valence-corrected chi connectivity index (χ1v) is 11.5. The SMILES string of the molecule is CC(C)C(CN)C(=O)OCN1C=CN(CC2CCc3c(c4ccccc4n3C)C2=O)C1C. The highest BCUT2D eigenvalue weighted by Gasteiger charge is 2.35. The van der Waals surface area contributed by atoms with E-state index < -0.39 is 0 Å². The molecule has 0 saturated heterocycles. The third-order valence-corrected chi connectivity index (χ3v) is 7.13. The molecule has 7 heteroatoms. The first-order valence-electron chi connectivity index (χ1n) is 11.5. The Morgan fingerprint density at radius 3 is 2.66 bits per heavy atom. The van der Waals surface area contributed by atoms with Crippen molar-refractivity contribution in [3.05, 3.63) is 47.9 Å². The van der Waals surface area contributed by atoms with Gasteiger partial charge in [0.2, 0.25) is 0 Å². The Morgan fingerprint density at radius 1 is 1.22 bits per heavy atom. The van der Waals surface area contributed by atoms with Gasteiger partial charge in [0.25, 0.3) is 0 Å². The number of ketones is 1. The van der Waals surface area contributed by atoms with Gasteiger partial charge in [-0.05, 0) is 31.7 Å². The van der Waals surface area contributed by atoms with Crippen LogP contribution in [0.3, 0.4) is 0 Å². The van der Waals surface area contributed by atoms with Gasteiger partial charge < -0.3 is 24.8 Å². The minimum absolute atomic E-state index is 0.0138. The number of carbonyl (C=O) groups is 2. The van der Waals surface area contributed by atoms with Crippen LogP contribution in [0, 0.1) is 17.8 Å². The minimum Gasteiger partial charge on any atom is -0.444 e. The van der Waals surface area contributed by atoms with Crippen LogP contribution in [0.15, 0.2) is 36.7 Å². The summed E-state index contributed by atoms with van der Waals surface area (Å²) in [7, 11) is 2.05. The number of rotatable bonds is 7. The molecule has 2 N–H and O–H groups in total. The third-order valence-electron chi connectivity index (χ3n) is 7.13. The summed E-state index contributed by atoms with van der Waals surface area (Å²) >= 11 is 0. The van der Waals surface area contributed by atoms with Crippen LogP contribution < -0.4 is 5.73 Å². The Labute approximate surface area is 189 Å². The number of para-hydroxylation sites is 1. The molecule has 0 radical (unpaired) electrons. The van der Waals surface area contributed by atoms with Gasteiger partial charge in [0.1, 0.15) is 6.17 Å². The molecule has 2 aromatic rings. The van der Waals surface area contributed by atoms with Crippen molar-refractivity contribution in [1.29, 1.82) is 0 Å². The van der Waals surface area contributed by atoms with Crippen LogP contribution in [0.4, 0.5) is 0 Å². The summed E-state index contributed by atoms with van der Waals surface area (Å²) in [6.45, 7) is 7.13. The molecule has 1 aliphatic heterocycles. The maximum atomic E-state index is 13.4. The summed E-state index contributed by atoms with van der Waals surface area (Å²) in [6, 6.07) is 8.15. The lowest BCUT2D eigenvalue weighted by Gasteiger charge is -2.33. The standard InChI is InChI=1S/C25H34N4O3/c1-16(2)20(13-26)25(31)32-15-29-12-11-28(17(29)3)14-18-9-10-22-23(24(18)30)19-7-5-6-8-21(19)27(22)4/h5-8,11-12,16-18,20H,9-10,13-15,26H2,1-4H3. The average Bonchev–Trinajstić information content (AvgIpc) is 3.26. The van der Waals surface area contributed by atoms with Gasteiger partial charge >= 0.3 is 5.97 Å². The summed E-state index contributed by atoms with van der Waals surface area (Å²) in [5, 5.41) is 1.05. The lowest BCUT2D eigenvalue weighted by Crippen LogP contribution is -2.42. The molecular formula is C25H34N4O3. The van der Waals surface area contributed by atoms with E-state index in [4.69, 9.17) is 10.5 Å². The second-order valence-corrected chi connectivity index (χ2v) is 9.32. The number of hydrogen-bond donors (Lipinski definition) is 1. The zero-order valence-electron chi connectivity index (χ0n) is 19.5. The molecule has 4 rings (SSSR count). The molecule has 0 saturated carbocycles. The van der Waals surface area contributed by atoms with Gasteiger partial charge in [0, 0.05) is 60.6 Å². The normalized spacial score (nSPS) is 21.5. The number of hydrogen-bond acceptors (Lipinski definition) is 6. The molecule has 0 spiro atoms. The Kier molecular flexibility index (Phi) is 6.29. The summed E-state index contributed by atoms with van der Waals surface area (Å²) in [6.07, 6.45) is 5.68. The minimum atomic E-state index is -0.289. The van der Waals surface area contributed by atoms with Crippen LogP contribution in [0.5, 0.6) is 0 Å². The van der Waals surface area contributed by atoms with E-state index in [9.17, 15) is 9.59 Å². The van der Waals surface area contributed by atoms with E-state index in [1.807, 2.05) is 50.3 Å². The molecule has 32 heavy (non-hydrogen) atoms. The van der Waals surface area contributed by atoms with Gasteiger partial charge in [0.05, 0.1) is 5.92 Å². The zero-order chi connectivity index (χ0) is 23.0. The number of aryl methyl sites for hydroxylation is 1. The summed E-state index contributed by atoms with van der Waals surface area (Å²) < 4.78 is 7.69. The fourth-order valence-corrected chi connectivity index (χ4v) is 4.95. The fraction of sp³-hybridized carbons (Fsp3) is 0.520. The number of aromatic nitrogens is 1. The summed E-state index contributed by atoms with van der Waals surface area (Å²) in [5.74, 6) is -0.219. The highest BCUT2D eigenvalue weighted by atomic mass is 16.5. The number of benzene rings is 1. The van der Waals surface area contributed by atoms with Crippen molar-refractivity contribution >= 4 is 22.7 Å². The van der Waals surface area contributed by atoms with E-state index in [-0.39, 0.29) is 48.9 Å². The molecule has 1 aromatic heterocycles. The molecule has 172 valence electrons. The van der Waals surface area contributed by atoms with E-state index in [1.54, 1.807) is 0 Å². The van der Waals surface area contributed by atoms with Crippen LogP contribution in [0.2, 0.25) is 0 Å². The van der Waals surface area contributed by atoms with Crippen molar-refractivity contribution in [2.24, 2.45) is 30.5 Å². The third kappa shape index (κ3) is 3.90. The zero-order valence-corrected chi connectivity index (χ0v) is 19.5. The predicted molar refractivity (Wildman–Crippen MR) is 125 cm³/mol. The van der Waals surface area contributed by atoms with Crippen molar-refractivity contribution in [3.63, 3.8) is 0 Å². The Morgan fingerprint density at radius 2 is 1.94 bits per heavy atom. The van der Waals surface area contributed by atoms with Crippen molar-refractivity contribution in [1.82, 2.24) is 14.4 Å². The van der Waals surface area contributed by atoms with Gasteiger partial charge in [-0.25, -0.2) is 0 Å². The first kappa shape index (κ1) is 22.4. The molecular weight excluding hydrogens is 404 g/mol. The Bertz CT molecular complexity index is 1040. The predicted octanol–water partition coefficient (Wildman–Crippen LogP) is 3.09. The van der Waals surface area contributed by atoms with E-state index in [0.29, 0.717) is 6.54 Å². The molecule has 3 atom stereocenters. The number of Topliss-reactive ketones (excluding diaryl/α,β-unsaturated/α-hetero) is 1. The second kappa shape index (κ2) is 8.98. The maximum absolute atomic E-state index is 13.4. The van der Waals surface area contributed by atoms with Crippen molar-refractivity contribution < 1.29 is 14.3 Å². The number of fused-ring (bicyclic) bond motifs is 3. The molecule has 0 bridgehead atoms. The van der Waals surface area contributed by atoms with Gasteiger partial charge in [0.15, 0.2) is 12.5 Å². The van der Waals surface area contributed by atoms with Gasteiger partial charge in [-0.3, -0.25) is 9.59 Å². The highest BCUT2D eigenvalue weighted by molar-refractivity contribution is 6.11. The number of nitrogens with zero attached hydrogens (tertiary/aromatic N) is 3. The molecule has 0 fully saturated rings. The lowest BCUT2D eigenvalue weighted by molar-refractivity contribution is -0.154. The largest absolute Gasteiger partial charge is 0.444 e. The molecule has 0 amide bonds. The van der Waals surface area contributed by atoms with Crippen LogP contribution in [-0.2, 0) is 23.0 Å². The maximum Gasteiger partial charge on any atom is 0.312 e. The van der Waals surface area contributed by atoms with Crippen molar-refractivity contribution in [2.75, 3.05) is 19.8 Å². The van der Waals surface area contributed by atoms with Gasteiger partial charge in [-0.2, -0.15) is 0 Å². The molecule has 7 nitrogen and oxygen atoms in total. The van der Waals surface area contributed by atoms with Crippen LogP contribution in [0.1, 0.15) is 43.2 Å². The molecule has 3 unspecified atom stereocenters. The van der Waals surface area contributed by atoms with Crippen LogP contribution in [-0.4, -0.2) is 52.1 Å². The Balaban J connectivity index is 1.40. The highest BCUT2D eigenvalue weighted by Crippen LogP contribution is 2.34. The molecule has 2 aliphatic rings. The summed E-state index contributed by atoms with van der Waals surface area (Å²) in [5.41, 5.74) is 8.88. The Hall–Kier alpha value is -2.80. The fourth-order valence-electron chi connectivity index (χ4n) is 4.95. The van der Waals surface area contributed by atoms with Crippen molar-refractivity contribution in [2.45, 2.75) is 39.8 Å². The number of carbonyl (C=O) groups excluding carboxylic acids is 2. The van der Waals surface area contributed by atoms with E-state index in [2.05, 4.69) is 28.5 Å². The van der Waals surface area contributed by atoms with E-state index >= 15 is 0 Å². The van der Waals surface area contributed by atoms with Crippen LogP contribution in [0.25, 0.3) is 10.9 Å². The first-order chi connectivity index (χ1) is 15.3. The number of nitrogens with two attached hydrogens (primary N) is 1. The molecule has 1 aromatic carbocycles. The van der Waals surface area contributed by atoms with Crippen molar-refractivity contribution in [3.8, 4) is 0 Å². The van der Waals surface area contributed by atoms with E-state index in [0.717, 1.165) is 35.0 Å². The topological polar surface area (TPSA) is 80.8 Å². The van der Waals surface area contributed by atoms with Gasteiger partial charge in [-0.15, -0.1) is 0 Å². The molecule has 1 aliphatic carbocycles. The second-order valence-electron chi connectivity index (χ2n) is 9.32. The quantitative estimate of drug-likeness (QED) is 0.669. The number of esters is 1. The summed E-state index contributed by atoms with van der Waals surface area (Å²) in [4.78, 5) is 29.9. The smallest absolute Gasteiger partial charge is 0.312 e. The average molecular weight is 439 g/mol. The monoisotopic (exact) mass is 438 g/mol. The van der Waals surface area contributed by atoms with Crippen LogP contribution >= 0.6 is 0 Å². The van der Waals surface area contributed by atoms with Gasteiger partial charge in [-0.1, -0.05) is 32.0 Å². The molecule has 2 heterocycles. The van der Waals surface area contributed by atoms with E-state index in [1.165, 1.54) is 0 Å². The number of ether oxygens (including phenoxy) is 1. The lowest BCUT2D eigenvalue weighted by atomic mass is 9.84.